The van der Waals surface area contributed by atoms with E-state index in [0.29, 0.717) is 15.9 Å². The average molecular weight is 442 g/mol. The molecule has 26 heavy (non-hydrogen) atoms. The van der Waals surface area contributed by atoms with Crippen LogP contribution in [-0.2, 0) is 19.6 Å². The molecule has 0 aliphatic rings. The van der Waals surface area contributed by atoms with Crippen molar-refractivity contribution in [2.24, 2.45) is 0 Å². The highest BCUT2D eigenvalue weighted by Gasteiger charge is 2.28. The summed E-state index contributed by atoms with van der Waals surface area (Å²) in [6, 6.07) is 11.4. The maximum absolute atomic E-state index is 13.2. The predicted molar refractivity (Wildman–Crippen MR) is 103 cm³/mol. The lowest BCUT2D eigenvalue weighted by molar-refractivity contribution is -0.141. The molecule has 0 heterocycles. The fourth-order valence-electron chi connectivity index (χ4n) is 2.36. The number of hydrogen-bond acceptors (Lipinski definition) is 5. The molecule has 0 saturated carbocycles. The van der Waals surface area contributed by atoms with Gasteiger partial charge in [-0.1, -0.05) is 12.1 Å². The number of anilines is 1. The number of halogens is 1. The van der Waals surface area contributed by atoms with Crippen LogP contribution in [0.15, 0.2) is 51.8 Å². The average Bonchev–Trinajstić information content (AvgIpc) is 2.59. The molecule has 0 aliphatic carbocycles. The number of methoxy groups -OCH3 is 1. The Balaban J connectivity index is 2.52. The molecule has 2 rings (SSSR count). The third-order valence-corrected chi connectivity index (χ3v) is 5.97. The van der Waals surface area contributed by atoms with Crippen molar-refractivity contribution in [3.05, 3.63) is 52.5 Å². The van der Waals surface area contributed by atoms with Crippen molar-refractivity contribution in [2.75, 3.05) is 24.6 Å². The Morgan fingerprint density at radius 3 is 2.50 bits per heavy atom. The molecule has 6 nitrogen and oxygen atoms in total. The first-order chi connectivity index (χ1) is 12.3. The third kappa shape index (κ3) is 4.56. The van der Waals surface area contributed by atoms with Gasteiger partial charge in [0.05, 0.1) is 28.8 Å². The Labute approximate surface area is 161 Å². The van der Waals surface area contributed by atoms with Crippen LogP contribution in [-0.4, -0.2) is 34.6 Å². The van der Waals surface area contributed by atoms with Crippen LogP contribution in [0.2, 0.25) is 0 Å². The summed E-state index contributed by atoms with van der Waals surface area (Å²) in [7, 11) is -2.49. The molecule has 0 fully saturated rings. The molecule has 0 bridgehead atoms. The topological polar surface area (TPSA) is 72.9 Å². The highest BCUT2D eigenvalue weighted by molar-refractivity contribution is 9.10. The lowest BCUT2D eigenvalue weighted by atomic mass is 10.2. The highest BCUT2D eigenvalue weighted by atomic mass is 79.9. The molecule has 8 heteroatoms. The quantitative estimate of drug-likeness (QED) is 0.614. The van der Waals surface area contributed by atoms with Crippen molar-refractivity contribution in [1.29, 1.82) is 0 Å². The Hall–Kier alpha value is -2.06. The van der Waals surface area contributed by atoms with E-state index in [9.17, 15) is 13.2 Å². The van der Waals surface area contributed by atoms with Crippen LogP contribution in [0, 0.1) is 6.92 Å². The van der Waals surface area contributed by atoms with Crippen molar-refractivity contribution in [1.82, 2.24) is 0 Å². The number of carbonyl (C=O) groups excluding carboxylic acids is 1. The van der Waals surface area contributed by atoms with E-state index in [-0.39, 0.29) is 11.5 Å². The Morgan fingerprint density at radius 1 is 1.19 bits per heavy atom. The normalized spacial score (nSPS) is 11.1. The van der Waals surface area contributed by atoms with E-state index in [0.717, 1.165) is 9.87 Å². The van der Waals surface area contributed by atoms with E-state index < -0.39 is 22.5 Å². The fraction of sp³-hybridized carbons (Fsp3) is 0.278. The zero-order chi connectivity index (χ0) is 19.3. The molecule has 0 aliphatic heterocycles. The van der Waals surface area contributed by atoms with Crippen LogP contribution < -0.4 is 9.04 Å². The van der Waals surface area contributed by atoms with E-state index in [2.05, 4.69) is 15.9 Å². The summed E-state index contributed by atoms with van der Waals surface area (Å²) in [4.78, 5) is 12.0. The predicted octanol–water partition coefficient (Wildman–Crippen LogP) is 3.52. The number of hydrogen-bond donors (Lipinski definition) is 0. The maximum atomic E-state index is 13.2. The number of carbonyl (C=O) groups is 1. The zero-order valence-corrected chi connectivity index (χ0v) is 17.1. The first-order valence-electron chi connectivity index (χ1n) is 7.88. The minimum Gasteiger partial charge on any atom is -0.496 e. The lowest BCUT2D eigenvalue weighted by Gasteiger charge is -2.24. The Morgan fingerprint density at radius 2 is 1.92 bits per heavy atom. The lowest BCUT2D eigenvalue weighted by Crippen LogP contribution is -2.36. The van der Waals surface area contributed by atoms with Gasteiger partial charge in [-0.3, -0.25) is 9.10 Å². The van der Waals surface area contributed by atoms with Gasteiger partial charge in [0.15, 0.2) is 0 Å². The molecule has 2 aromatic carbocycles. The molecule has 0 N–H and O–H groups in total. The van der Waals surface area contributed by atoms with Crippen LogP contribution in [0.25, 0.3) is 0 Å². The smallest absolute Gasteiger partial charge is 0.326 e. The van der Waals surface area contributed by atoms with Gasteiger partial charge in [0.25, 0.3) is 10.0 Å². The van der Waals surface area contributed by atoms with Gasteiger partial charge in [0.2, 0.25) is 0 Å². The van der Waals surface area contributed by atoms with Crippen molar-refractivity contribution in [3.63, 3.8) is 0 Å². The SMILES string of the molecule is CCOC(=O)CN(c1cccc(C)c1)S(=O)(=O)c1ccc(OC)c(Br)c1. The monoisotopic (exact) mass is 441 g/mol. The van der Waals surface area contributed by atoms with Gasteiger partial charge < -0.3 is 9.47 Å². The van der Waals surface area contributed by atoms with Crippen molar-refractivity contribution >= 4 is 37.6 Å². The minimum atomic E-state index is -3.98. The van der Waals surface area contributed by atoms with Gasteiger partial charge in [-0.15, -0.1) is 0 Å². The second kappa shape index (κ2) is 8.55. The number of ether oxygens (including phenoxy) is 2. The largest absolute Gasteiger partial charge is 0.496 e. The van der Waals surface area contributed by atoms with Crippen LogP contribution in [0.5, 0.6) is 5.75 Å². The summed E-state index contributed by atoms with van der Waals surface area (Å²) in [5.74, 6) is -0.110. The molecular formula is C18H20BrNO5S. The molecule has 0 radical (unpaired) electrons. The maximum Gasteiger partial charge on any atom is 0.326 e. The second-order valence-electron chi connectivity index (χ2n) is 5.45. The van der Waals surface area contributed by atoms with E-state index >= 15 is 0 Å². The van der Waals surface area contributed by atoms with Gasteiger partial charge in [-0.2, -0.15) is 0 Å². The van der Waals surface area contributed by atoms with Crippen LogP contribution in [0.1, 0.15) is 12.5 Å². The molecular weight excluding hydrogens is 422 g/mol. The Kier molecular flexibility index (Phi) is 6.66. The number of sulfonamides is 1. The number of aryl methyl sites for hydroxylation is 1. The number of esters is 1. The summed E-state index contributed by atoms with van der Waals surface area (Å²) < 4.78 is 38.0. The van der Waals surface area contributed by atoms with E-state index in [1.54, 1.807) is 31.2 Å². The fourth-order valence-corrected chi connectivity index (χ4v) is 4.48. The summed E-state index contributed by atoms with van der Waals surface area (Å²) in [6.45, 7) is 3.28. The molecule has 0 saturated heterocycles. The molecule has 0 unspecified atom stereocenters. The van der Waals surface area contributed by atoms with Gasteiger partial charge in [-0.25, -0.2) is 8.42 Å². The Bertz CT molecular complexity index is 898. The van der Waals surface area contributed by atoms with Gasteiger partial charge in [0.1, 0.15) is 12.3 Å². The van der Waals surface area contributed by atoms with E-state index in [4.69, 9.17) is 9.47 Å². The van der Waals surface area contributed by atoms with Crippen molar-refractivity contribution < 1.29 is 22.7 Å². The van der Waals surface area contributed by atoms with Gasteiger partial charge in [0, 0.05) is 0 Å². The van der Waals surface area contributed by atoms with E-state index in [1.165, 1.54) is 19.2 Å². The first-order valence-corrected chi connectivity index (χ1v) is 10.1. The van der Waals surface area contributed by atoms with Crippen molar-refractivity contribution in [3.8, 4) is 5.75 Å². The third-order valence-electron chi connectivity index (χ3n) is 3.58. The summed E-state index contributed by atoms with van der Waals surface area (Å²) in [5, 5.41) is 0. The molecule has 0 aromatic heterocycles. The van der Waals surface area contributed by atoms with Crippen LogP contribution in [0.3, 0.4) is 0 Å². The van der Waals surface area contributed by atoms with Gasteiger partial charge >= 0.3 is 5.97 Å². The number of benzene rings is 2. The second-order valence-corrected chi connectivity index (χ2v) is 8.17. The number of nitrogens with zero attached hydrogens (tertiary/aromatic N) is 1. The highest BCUT2D eigenvalue weighted by Crippen LogP contribution is 2.30. The van der Waals surface area contributed by atoms with Gasteiger partial charge in [-0.05, 0) is 65.7 Å². The number of rotatable bonds is 7. The molecule has 140 valence electrons. The van der Waals surface area contributed by atoms with Crippen LogP contribution in [0.4, 0.5) is 5.69 Å². The first kappa shape index (κ1) is 20.3. The van der Waals surface area contributed by atoms with E-state index in [1.807, 2.05) is 13.0 Å². The zero-order valence-electron chi connectivity index (χ0n) is 14.7. The van der Waals surface area contributed by atoms with Crippen LogP contribution >= 0.6 is 15.9 Å². The molecule has 0 amide bonds. The van der Waals surface area contributed by atoms with Crippen molar-refractivity contribution in [2.45, 2.75) is 18.7 Å². The summed E-state index contributed by atoms with van der Waals surface area (Å²) in [6.07, 6.45) is 0. The molecule has 2 aromatic rings. The minimum absolute atomic E-state index is 0.0379. The standard InChI is InChI=1S/C18H20BrNO5S/c1-4-25-18(21)12-20(14-7-5-6-13(2)10-14)26(22,23)15-8-9-17(24-3)16(19)11-15/h5-11H,4,12H2,1-3H3. The molecule has 0 spiro atoms. The summed E-state index contributed by atoms with van der Waals surface area (Å²) in [5.41, 5.74) is 1.27. The summed E-state index contributed by atoms with van der Waals surface area (Å²) >= 11 is 3.29. The molecule has 0 atom stereocenters.